The molecule has 2 N–H and O–H groups in total. The number of phenolic OH excluding ortho intramolecular Hbond substituents is 1. The van der Waals surface area contributed by atoms with E-state index in [4.69, 9.17) is 5.11 Å². The van der Waals surface area contributed by atoms with Gasteiger partial charge in [-0.15, -0.1) is 0 Å². The number of benzene rings is 1. The van der Waals surface area contributed by atoms with Crippen molar-refractivity contribution in [1.29, 1.82) is 0 Å². The van der Waals surface area contributed by atoms with Gasteiger partial charge in [-0.2, -0.15) is 0 Å². The molecule has 5 nitrogen and oxygen atoms in total. The van der Waals surface area contributed by atoms with Crippen LogP contribution >= 0.6 is 0 Å². The summed E-state index contributed by atoms with van der Waals surface area (Å²) in [4.78, 5) is 16.2. The summed E-state index contributed by atoms with van der Waals surface area (Å²) in [5.41, 5.74) is 0.715. The summed E-state index contributed by atoms with van der Waals surface area (Å²) in [6.45, 7) is 4.30. The number of carbonyl (C=O) groups is 1. The Morgan fingerprint density at radius 3 is 2.44 bits per heavy atom. The van der Waals surface area contributed by atoms with Gasteiger partial charge in [0.1, 0.15) is 5.75 Å². The molecule has 0 atom stereocenters. The number of phenols is 1. The van der Waals surface area contributed by atoms with E-state index in [-0.39, 0.29) is 11.7 Å². The lowest BCUT2D eigenvalue weighted by Gasteiger charge is -2.31. The van der Waals surface area contributed by atoms with Crippen molar-refractivity contribution in [2.45, 2.75) is 0 Å². The predicted molar refractivity (Wildman–Crippen MR) is 70.7 cm³/mol. The molecule has 1 aliphatic rings. The molecule has 1 amide bonds. The molecule has 2 rings (SSSR count). The second kappa shape index (κ2) is 5.84. The number of hydrogen-bond acceptors (Lipinski definition) is 4. The Morgan fingerprint density at radius 2 is 1.83 bits per heavy atom. The van der Waals surface area contributed by atoms with Gasteiger partial charge in [-0.05, 0) is 31.3 Å². The third-order valence-electron chi connectivity index (χ3n) is 3.11. The molecule has 1 saturated heterocycles. The van der Waals surface area contributed by atoms with Crippen molar-refractivity contribution >= 4 is 11.6 Å². The van der Waals surface area contributed by atoms with E-state index in [2.05, 4.69) is 22.2 Å². The van der Waals surface area contributed by atoms with Crippen LogP contribution in [0.4, 0.5) is 5.69 Å². The first-order valence-electron chi connectivity index (χ1n) is 6.13. The maximum atomic E-state index is 11.8. The van der Waals surface area contributed by atoms with Crippen LogP contribution in [0.25, 0.3) is 0 Å². The molecule has 0 aliphatic carbocycles. The molecule has 0 unspecified atom stereocenters. The van der Waals surface area contributed by atoms with Crippen molar-refractivity contribution in [2.24, 2.45) is 0 Å². The van der Waals surface area contributed by atoms with Crippen LogP contribution in [0.5, 0.6) is 5.75 Å². The summed E-state index contributed by atoms with van der Waals surface area (Å²) in [6.07, 6.45) is 0. The van der Waals surface area contributed by atoms with Crippen LogP contribution in [0, 0.1) is 0 Å². The van der Waals surface area contributed by atoms with E-state index in [1.807, 2.05) is 0 Å². The molecule has 18 heavy (non-hydrogen) atoms. The Morgan fingerprint density at radius 1 is 1.22 bits per heavy atom. The van der Waals surface area contributed by atoms with Gasteiger partial charge >= 0.3 is 0 Å². The maximum Gasteiger partial charge on any atom is 0.238 e. The summed E-state index contributed by atoms with van der Waals surface area (Å²) < 4.78 is 0. The zero-order valence-electron chi connectivity index (χ0n) is 10.6. The van der Waals surface area contributed by atoms with Crippen molar-refractivity contribution in [3.63, 3.8) is 0 Å². The molecule has 0 radical (unpaired) electrons. The van der Waals surface area contributed by atoms with Crippen molar-refractivity contribution < 1.29 is 9.90 Å². The Balaban J connectivity index is 1.80. The monoisotopic (exact) mass is 249 g/mol. The number of nitrogens with one attached hydrogen (secondary N) is 1. The first kappa shape index (κ1) is 12.9. The number of amides is 1. The SMILES string of the molecule is CN1CCN(CC(=O)Nc2ccc(O)cc2)CC1. The number of hydrogen-bond donors (Lipinski definition) is 2. The Labute approximate surface area is 107 Å². The van der Waals surface area contributed by atoms with E-state index in [0.29, 0.717) is 12.2 Å². The van der Waals surface area contributed by atoms with Crippen molar-refractivity contribution in [3.8, 4) is 5.75 Å². The molecule has 0 aromatic heterocycles. The molecule has 98 valence electrons. The van der Waals surface area contributed by atoms with Gasteiger partial charge in [-0.25, -0.2) is 0 Å². The van der Waals surface area contributed by atoms with Gasteiger partial charge in [0, 0.05) is 31.9 Å². The molecule has 5 heteroatoms. The fourth-order valence-electron chi connectivity index (χ4n) is 1.95. The minimum atomic E-state index is -0.00903. The molecule has 1 aromatic carbocycles. The average molecular weight is 249 g/mol. The highest BCUT2D eigenvalue weighted by molar-refractivity contribution is 5.92. The fourth-order valence-corrected chi connectivity index (χ4v) is 1.95. The van der Waals surface area contributed by atoms with Gasteiger partial charge in [0.25, 0.3) is 0 Å². The largest absolute Gasteiger partial charge is 0.508 e. The lowest BCUT2D eigenvalue weighted by Crippen LogP contribution is -2.47. The second-order valence-corrected chi connectivity index (χ2v) is 4.67. The summed E-state index contributed by atoms with van der Waals surface area (Å²) in [5, 5.41) is 12.0. The molecule has 0 spiro atoms. The highest BCUT2D eigenvalue weighted by atomic mass is 16.3. The molecular weight excluding hydrogens is 230 g/mol. The fraction of sp³-hybridized carbons (Fsp3) is 0.462. The number of rotatable bonds is 3. The number of carbonyl (C=O) groups excluding carboxylic acids is 1. The summed E-state index contributed by atoms with van der Waals surface area (Å²) in [6, 6.07) is 6.51. The zero-order chi connectivity index (χ0) is 13.0. The molecule has 0 saturated carbocycles. The minimum absolute atomic E-state index is 0.00903. The first-order chi connectivity index (χ1) is 8.63. The first-order valence-corrected chi connectivity index (χ1v) is 6.13. The summed E-state index contributed by atoms with van der Waals surface area (Å²) in [7, 11) is 2.09. The standard InChI is InChI=1S/C13H19N3O2/c1-15-6-8-16(9-7-15)10-13(18)14-11-2-4-12(17)5-3-11/h2-5,17H,6-10H2,1H3,(H,14,18). The number of aromatic hydroxyl groups is 1. The molecule has 0 bridgehead atoms. The van der Waals surface area contributed by atoms with Crippen molar-refractivity contribution in [3.05, 3.63) is 24.3 Å². The van der Waals surface area contributed by atoms with Gasteiger partial charge in [0.15, 0.2) is 0 Å². The number of anilines is 1. The lowest BCUT2D eigenvalue weighted by atomic mass is 10.3. The summed E-state index contributed by atoms with van der Waals surface area (Å²) in [5.74, 6) is 0.192. The third-order valence-corrected chi connectivity index (χ3v) is 3.11. The van der Waals surface area contributed by atoms with E-state index in [0.717, 1.165) is 26.2 Å². The van der Waals surface area contributed by atoms with Crippen LogP contribution in [0.3, 0.4) is 0 Å². The number of piperazine rings is 1. The van der Waals surface area contributed by atoms with E-state index in [1.165, 1.54) is 0 Å². The Kier molecular flexibility index (Phi) is 4.17. The van der Waals surface area contributed by atoms with Gasteiger partial charge < -0.3 is 15.3 Å². The Hall–Kier alpha value is -1.59. The van der Waals surface area contributed by atoms with Gasteiger partial charge in [0.2, 0.25) is 5.91 Å². The summed E-state index contributed by atoms with van der Waals surface area (Å²) >= 11 is 0. The zero-order valence-corrected chi connectivity index (χ0v) is 10.6. The maximum absolute atomic E-state index is 11.8. The van der Waals surface area contributed by atoms with Crippen LogP contribution in [0.1, 0.15) is 0 Å². The molecular formula is C13H19N3O2. The van der Waals surface area contributed by atoms with Crippen LogP contribution in [-0.2, 0) is 4.79 Å². The van der Waals surface area contributed by atoms with E-state index in [1.54, 1.807) is 24.3 Å². The highest BCUT2D eigenvalue weighted by Crippen LogP contribution is 2.13. The lowest BCUT2D eigenvalue weighted by molar-refractivity contribution is -0.117. The second-order valence-electron chi connectivity index (χ2n) is 4.67. The topological polar surface area (TPSA) is 55.8 Å². The van der Waals surface area contributed by atoms with Crippen LogP contribution in [-0.4, -0.2) is 60.6 Å². The third kappa shape index (κ3) is 3.72. The predicted octanol–water partition coefficient (Wildman–Crippen LogP) is 0.578. The Bertz CT molecular complexity index is 397. The molecule has 1 aliphatic heterocycles. The van der Waals surface area contributed by atoms with Gasteiger partial charge in [-0.3, -0.25) is 9.69 Å². The van der Waals surface area contributed by atoms with Gasteiger partial charge in [0.05, 0.1) is 6.54 Å². The molecule has 1 aromatic rings. The van der Waals surface area contributed by atoms with Crippen molar-refractivity contribution in [1.82, 2.24) is 9.80 Å². The average Bonchev–Trinajstić information content (AvgIpc) is 2.35. The highest BCUT2D eigenvalue weighted by Gasteiger charge is 2.16. The quantitative estimate of drug-likeness (QED) is 0.769. The molecule has 1 fully saturated rings. The van der Waals surface area contributed by atoms with Crippen LogP contribution in [0.15, 0.2) is 24.3 Å². The van der Waals surface area contributed by atoms with E-state index < -0.39 is 0 Å². The number of nitrogens with zero attached hydrogens (tertiary/aromatic N) is 2. The number of likely N-dealkylation sites (N-methyl/N-ethyl adjacent to an activating group) is 1. The van der Waals surface area contributed by atoms with Crippen LogP contribution in [0.2, 0.25) is 0 Å². The molecule has 1 heterocycles. The minimum Gasteiger partial charge on any atom is -0.508 e. The smallest absolute Gasteiger partial charge is 0.238 e. The van der Waals surface area contributed by atoms with Crippen LogP contribution < -0.4 is 5.32 Å². The van der Waals surface area contributed by atoms with Crippen molar-refractivity contribution in [2.75, 3.05) is 45.1 Å². The van der Waals surface area contributed by atoms with E-state index >= 15 is 0 Å². The van der Waals surface area contributed by atoms with E-state index in [9.17, 15) is 4.79 Å². The van der Waals surface area contributed by atoms with Gasteiger partial charge in [-0.1, -0.05) is 0 Å². The normalized spacial score (nSPS) is 17.6.